The molecule has 0 saturated carbocycles. The first-order valence-corrected chi connectivity index (χ1v) is 10.8. The fourth-order valence-electron chi connectivity index (χ4n) is 4.88. The van der Waals surface area contributed by atoms with Crippen LogP contribution in [0.15, 0.2) is 48.8 Å². The van der Waals surface area contributed by atoms with Crippen LogP contribution in [-0.2, 0) is 16.1 Å². The van der Waals surface area contributed by atoms with Crippen molar-refractivity contribution >= 4 is 5.91 Å². The monoisotopic (exact) mass is 396 g/mol. The van der Waals surface area contributed by atoms with Crippen molar-refractivity contribution in [3.05, 3.63) is 54.4 Å². The number of carbonyl (C=O) groups excluding carboxylic acids is 1. The first-order valence-electron chi connectivity index (χ1n) is 10.8. The Labute approximate surface area is 173 Å². The van der Waals surface area contributed by atoms with Gasteiger partial charge in [-0.2, -0.15) is 5.10 Å². The van der Waals surface area contributed by atoms with Crippen LogP contribution in [0.2, 0.25) is 0 Å². The summed E-state index contributed by atoms with van der Waals surface area (Å²) in [4.78, 5) is 17.6. The summed E-state index contributed by atoms with van der Waals surface area (Å²) < 4.78 is 8.49. The van der Waals surface area contributed by atoms with Gasteiger partial charge in [0, 0.05) is 38.1 Å². The van der Waals surface area contributed by atoms with Gasteiger partial charge in [-0.1, -0.05) is 30.3 Å². The van der Waals surface area contributed by atoms with Gasteiger partial charge in [-0.05, 0) is 51.3 Å². The summed E-state index contributed by atoms with van der Waals surface area (Å²) >= 11 is 0. The molecule has 0 aliphatic carbocycles. The average molecular weight is 397 g/mol. The van der Waals surface area contributed by atoms with Crippen LogP contribution in [0.1, 0.15) is 44.3 Å². The molecule has 2 fully saturated rings. The lowest BCUT2D eigenvalue weighted by Crippen LogP contribution is -2.55. The van der Waals surface area contributed by atoms with E-state index in [1.165, 1.54) is 5.56 Å². The van der Waals surface area contributed by atoms with Crippen molar-refractivity contribution in [2.45, 2.75) is 56.9 Å². The molecule has 0 radical (unpaired) electrons. The highest BCUT2D eigenvalue weighted by Gasteiger charge is 2.45. The molecule has 1 spiro atoms. The number of amides is 1. The quantitative estimate of drug-likeness (QED) is 0.779. The van der Waals surface area contributed by atoms with E-state index >= 15 is 0 Å². The second-order valence-corrected chi connectivity index (χ2v) is 8.48. The maximum Gasteiger partial charge on any atom is 0.244 e. The molecule has 0 unspecified atom stereocenters. The van der Waals surface area contributed by atoms with E-state index in [1.807, 2.05) is 18.3 Å². The number of rotatable bonds is 5. The molecule has 0 N–H and O–H groups in total. The highest BCUT2D eigenvalue weighted by atomic mass is 16.5. The first-order chi connectivity index (χ1) is 14.1. The minimum absolute atomic E-state index is 0.0323. The zero-order valence-corrected chi connectivity index (χ0v) is 17.5. The lowest BCUT2D eigenvalue weighted by Gasteiger charge is -2.50. The van der Waals surface area contributed by atoms with Crippen molar-refractivity contribution in [3.8, 4) is 0 Å². The van der Waals surface area contributed by atoms with Crippen molar-refractivity contribution in [1.82, 2.24) is 19.6 Å². The predicted octanol–water partition coefficient (Wildman–Crippen LogP) is 3.12. The maximum atomic E-state index is 13.1. The molecule has 3 heterocycles. The van der Waals surface area contributed by atoms with Crippen molar-refractivity contribution < 1.29 is 9.53 Å². The fraction of sp³-hybridized carbons (Fsp3) is 0.565. The average Bonchev–Trinajstić information content (AvgIpc) is 3.24. The van der Waals surface area contributed by atoms with Gasteiger partial charge in [0.2, 0.25) is 5.91 Å². The summed E-state index contributed by atoms with van der Waals surface area (Å²) in [5.41, 5.74) is 1.07. The Bertz CT molecular complexity index is 784. The minimum Gasteiger partial charge on any atom is -0.367 e. The summed E-state index contributed by atoms with van der Waals surface area (Å²) in [5.74, 6) is 0.137. The van der Waals surface area contributed by atoms with Crippen LogP contribution >= 0.6 is 0 Å². The van der Waals surface area contributed by atoms with E-state index in [0.717, 1.165) is 38.8 Å². The number of benzene rings is 1. The molecule has 2 aliphatic heterocycles. The number of nitrogens with zero attached hydrogens (tertiary/aromatic N) is 4. The van der Waals surface area contributed by atoms with Crippen LogP contribution in [0.5, 0.6) is 0 Å². The number of likely N-dealkylation sites (N-methyl/N-ethyl adjacent to an activating group) is 1. The molecule has 4 rings (SSSR count). The first kappa shape index (κ1) is 20.1. The Balaban J connectivity index is 1.57. The van der Waals surface area contributed by atoms with Crippen LogP contribution in [0, 0.1) is 0 Å². The molecule has 29 heavy (non-hydrogen) atoms. The molecule has 1 aromatic carbocycles. The van der Waals surface area contributed by atoms with Crippen LogP contribution in [0.25, 0.3) is 0 Å². The molecular weight excluding hydrogens is 364 g/mol. The summed E-state index contributed by atoms with van der Waals surface area (Å²) in [6.45, 7) is 5.17. The fourth-order valence-corrected chi connectivity index (χ4v) is 4.88. The largest absolute Gasteiger partial charge is 0.367 e. The third-order valence-corrected chi connectivity index (χ3v) is 6.51. The third kappa shape index (κ3) is 4.54. The summed E-state index contributed by atoms with van der Waals surface area (Å²) in [6, 6.07) is 12.5. The van der Waals surface area contributed by atoms with E-state index in [9.17, 15) is 4.79 Å². The van der Waals surface area contributed by atoms with Gasteiger partial charge in [0.15, 0.2) is 0 Å². The number of hydrogen-bond donors (Lipinski definition) is 0. The lowest BCUT2D eigenvalue weighted by molar-refractivity contribution is -0.177. The summed E-state index contributed by atoms with van der Waals surface area (Å²) in [5, 5.41) is 4.21. The number of aromatic nitrogens is 2. The Morgan fingerprint density at radius 1 is 1.24 bits per heavy atom. The summed E-state index contributed by atoms with van der Waals surface area (Å²) in [6.07, 6.45) is 7.41. The van der Waals surface area contributed by atoms with Gasteiger partial charge in [-0.3, -0.25) is 9.48 Å². The van der Waals surface area contributed by atoms with E-state index in [0.29, 0.717) is 13.1 Å². The normalized spacial score (nSPS) is 24.5. The molecule has 2 atom stereocenters. The van der Waals surface area contributed by atoms with Gasteiger partial charge < -0.3 is 14.5 Å². The van der Waals surface area contributed by atoms with E-state index in [-0.39, 0.29) is 23.7 Å². The molecular formula is C23H32N4O2. The zero-order valence-electron chi connectivity index (χ0n) is 17.5. The van der Waals surface area contributed by atoms with Gasteiger partial charge in [0.1, 0.15) is 6.54 Å². The zero-order chi connectivity index (χ0) is 20.3. The van der Waals surface area contributed by atoms with Gasteiger partial charge in [-0.15, -0.1) is 0 Å². The number of piperidine rings is 1. The number of ether oxygens (including phenoxy) is 1. The van der Waals surface area contributed by atoms with Crippen molar-refractivity contribution in [1.29, 1.82) is 0 Å². The molecule has 2 aliphatic rings. The third-order valence-electron chi connectivity index (χ3n) is 6.51. The second-order valence-electron chi connectivity index (χ2n) is 8.48. The Hall–Kier alpha value is -2.18. The number of hydrogen-bond acceptors (Lipinski definition) is 4. The molecule has 6 heteroatoms. The standard InChI is InChI=1S/C23H32N4O2/c1-3-27(22(28)18-26-13-7-12-24-26)20-16-21(19-8-5-4-6-9-19)29-23(17-20)10-14-25(2)15-11-23/h4-9,12-13,20-21H,3,10-11,14-18H2,1-2H3/t20-,21-/m0/s1. The van der Waals surface area contributed by atoms with Crippen molar-refractivity contribution in [2.24, 2.45) is 0 Å². The Morgan fingerprint density at radius 3 is 2.66 bits per heavy atom. The second kappa shape index (κ2) is 8.67. The molecule has 0 bridgehead atoms. The highest BCUT2D eigenvalue weighted by Crippen LogP contribution is 2.44. The molecule has 156 valence electrons. The lowest BCUT2D eigenvalue weighted by atomic mass is 9.79. The predicted molar refractivity (Wildman–Crippen MR) is 112 cm³/mol. The maximum absolute atomic E-state index is 13.1. The molecule has 1 aromatic heterocycles. The van der Waals surface area contributed by atoms with E-state index < -0.39 is 0 Å². The van der Waals surface area contributed by atoms with E-state index in [4.69, 9.17) is 4.74 Å². The van der Waals surface area contributed by atoms with Crippen molar-refractivity contribution in [3.63, 3.8) is 0 Å². The Kier molecular flexibility index (Phi) is 6.01. The van der Waals surface area contributed by atoms with Crippen LogP contribution < -0.4 is 0 Å². The molecule has 2 saturated heterocycles. The van der Waals surface area contributed by atoms with Gasteiger partial charge >= 0.3 is 0 Å². The van der Waals surface area contributed by atoms with E-state index in [1.54, 1.807) is 10.9 Å². The van der Waals surface area contributed by atoms with Crippen LogP contribution in [0.3, 0.4) is 0 Å². The molecule has 1 amide bonds. The Morgan fingerprint density at radius 2 is 2.00 bits per heavy atom. The minimum atomic E-state index is -0.144. The number of carbonyl (C=O) groups is 1. The van der Waals surface area contributed by atoms with Gasteiger partial charge in [-0.25, -0.2) is 0 Å². The smallest absolute Gasteiger partial charge is 0.244 e. The van der Waals surface area contributed by atoms with Crippen molar-refractivity contribution in [2.75, 3.05) is 26.7 Å². The van der Waals surface area contributed by atoms with Gasteiger partial charge in [0.05, 0.1) is 11.7 Å². The topological polar surface area (TPSA) is 50.6 Å². The highest BCUT2D eigenvalue weighted by molar-refractivity contribution is 5.76. The van der Waals surface area contributed by atoms with E-state index in [2.05, 4.69) is 53.1 Å². The molecule has 2 aromatic rings. The molecule has 6 nitrogen and oxygen atoms in total. The van der Waals surface area contributed by atoms with Gasteiger partial charge in [0.25, 0.3) is 0 Å². The SMILES string of the molecule is CCN(C(=O)Cn1cccn1)[C@H]1C[C@@H](c2ccccc2)OC2(CCN(C)CC2)C1. The van der Waals surface area contributed by atoms with Crippen LogP contribution in [-0.4, -0.2) is 63.8 Å². The summed E-state index contributed by atoms with van der Waals surface area (Å²) in [7, 11) is 2.17. The van der Waals surface area contributed by atoms with Crippen LogP contribution in [0.4, 0.5) is 0 Å². The number of likely N-dealkylation sites (tertiary alicyclic amines) is 1.